The van der Waals surface area contributed by atoms with E-state index in [1.807, 2.05) is 20.8 Å². The van der Waals surface area contributed by atoms with Crippen molar-refractivity contribution in [3.63, 3.8) is 0 Å². The molecule has 0 spiro atoms. The Kier molecular flexibility index (Phi) is 5.04. The van der Waals surface area contributed by atoms with Crippen LogP contribution in [0.3, 0.4) is 0 Å². The van der Waals surface area contributed by atoms with Gasteiger partial charge in [-0.2, -0.15) is 0 Å². The van der Waals surface area contributed by atoms with Crippen LogP contribution in [-0.4, -0.2) is 11.6 Å². The molecule has 0 bridgehead atoms. The topological polar surface area (TPSA) is 26.3 Å². The summed E-state index contributed by atoms with van der Waals surface area (Å²) in [6, 6.07) is 0. The average molecular weight is 186 g/mol. The zero-order valence-corrected chi connectivity index (χ0v) is 9.52. The summed E-state index contributed by atoms with van der Waals surface area (Å²) in [5.41, 5.74) is -0.341. The van der Waals surface area contributed by atoms with Gasteiger partial charge < -0.3 is 4.74 Å². The van der Waals surface area contributed by atoms with Crippen LogP contribution in [0.25, 0.3) is 0 Å². The van der Waals surface area contributed by atoms with Crippen LogP contribution in [0, 0.1) is 5.92 Å². The fourth-order valence-electron chi connectivity index (χ4n) is 0.961. The molecule has 1 atom stereocenters. The van der Waals surface area contributed by atoms with Gasteiger partial charge in [0.1, 0.15) is 5.60 Å². The van der Waals surface area contributed by atoms with Gasteiger partial charge in [-0.15, -0.1) is 0 Å². The van der Waals surface area contributed by atoms with Crippen molar-refractivity contribution >= 4 is 5.97 Å². The molecule has 0 aromatic carbocycles. The zero-order chi connectivity index (χ0) is 10.5. The van der Waals surface area contributed by atoms with E-state index in [1.165, 1.54) is 0 Å². The third-order valence-electron chi connectivity index (χ3n) is 1.96. The second kappa shape index (κ2) is 5.25. The van der Waals surface area contributed by atoms with Gasteiger partial charge in [0.15, 0.2) is 0 Å². The Labute approximate surface area is 81.7 Å². The van der Waals surface area contributed by atoms with Gasteiger partial charge in [0.25, 0.3) is 0 Å². The molecule has 0 heterocycles. The van der Waals surface area contributed by atoms with Crippen LogP contribution in [0.2, 0.25) is 0 Å². The second-order valence-corrected chi connectivity index (χ2v) is 4.64. The summed E-state index contributed by atoms with van der Waals surface area (Å²) in [5, 5.41) is 0. The highest BCUT2D eigenvalue weighted by molar-refractivity contribution is 5.69. The fraction of sp³-hybridized carbons (Fsp3) is 0.909. The monoisotopic (exact) mass is 186 g/mol. The lowest BCUT2D eigenvalue weighted by molar-refractivity contribution is -0.155. The molecule has 0 aliphatic carbocycles. The van der Waals surface area contributed by atoms with E-state index in [-0.39, 0.29) is 11.6 Å². The van der Waals surface area contributed by atoms with Crippen molar-refractivity contribution < 1.29 is 9.53 Å². The first kappa shape index (κ1) is 12.5. The van der Waals surface area contributed by atoms with Crippen molar-refractivity contribution in [2.45, 2.75) is 59.5 Å². The van der Waals surface area contributed by atoms with Gasteiger partial charge in [0.05, 0.1) is 0 Å². The van der Waals surface area contributed by atoms with Gasteiger partial charge in [0, 0.05) is 6.42 Å². The van der Waals surface area contributed by atoms with Crippen LogP contribution in [0.1, 0.15) is 53.9 Å². The Morgan fingerprint density at radius 1 is 1.38 bits per heavy atom. The van der Waals surface area contributed by atoms with Gasteiger partial charge in [-0.1, -0.05) is 20.3 Å². The molecule has 0 radical (unpaired) electrons. The van der Waals surface area contributed by atoms with E-state index in [1.54, 1.807) is 0 Å². The van der Waals surface area contributed by atoms with Crippen molar-refractivity contribution in [3.8, 4) is 0 Å². The van der Waals surface area contributed by atoms with E-state index in [0.29, 0.717) is 12.3 Å². The Hall–Kier alpha value is -0.530. The first-order valence-electron chi connectivity index (χ1n) is 5.07. The Morgan fingerprint density at radius 3 is 2.31 bits per heavy atom. The molecule has 0 aromatic rings. The lowest BCUT2D eigenvalue weighted by Gasteiger charge is -2.19. The summed E-state index contributed by atoms with van der Waals surface area (Å²) in [6.45, 7) is 9.99. The van der Waals surface area contributed by atoms with Crippen molar-refractivity contribution in [2.24, 2.45) is 5.92 Å². The van der Waals surface area contributed by atoms with E-state index < -0.39 is 0 Å². The summed E-state index contributed by atoms with van der Waals surface area (Å²) < 4.78 is 5.19. The van der Waals surface area contributed by atoms with Crippen LogP contribution in [0.15, 0.2) is 0 Å². The Balaban J connectivity index is 3.64. The van der Waals surface area contributed by atoms with Gasteiger partial charge in [-0.05, 0) is 33.1 Å². The molecule has 0 amide bonds. The van der Waals surface area contributed by atoms with Crippen LogP contribution >= 0.6 is 0 Å². The maximum absolute atomic E-state index is 11.3. The van der Waals surface area contributed by atoms with E-state index in [2.05, 4.69) is 13.8 Å². The largest absolute Gasteiger partial charge is 0.460 e. The van der Waals surface area contributed by atoms with Crippen molar-refractivity contribution in [2.75, 3.05) is 0 Å². The molecule has 0 aliphatic rings. The zero-order valence-electron chi connectivity index (χ0n) is 9.52. The first-order valence-corrected chi connectivity index (χ1v) is 5.07. The quantitative estimate of drug-likeness (QED) is 0.630. The highest BCUT2D eigenvalue weighted by Gasteiger charge is 2.16. The molecule has 0 N–H and O–H groups in total. The molecule has 0 fully saturated rings. The number of rotatable bonds is 4. The lowest BCUT2D eigenvalue weighted by atomic mass is 10.0. The van der Waals surface area contributed by atoms with E-state index in [4.69, 9.17) is 4.74 Å². The van der Waals surface area contributed by atoms with E-state index >= 15 is 0 Å². The van der Waals surface area contributed by atoms with Crippen molar-refractivity contribution in [1.29, 1.82) is 0 Å². The second-order valence-electron chi connectivity index (χ2n) is 4.64. The lowest BCUT2D eigenvalue weighted by Crippen LogP contribution is -2.23. The van der Waals surface area contributed by atoms with E-state index in [0.717, 1.165) is 12.8 Å². The minimum Gasteiger partial charge on any atom is -0.460 e. The van der Waals surface area contributed by atoms with Crippen molar-refractivity contribution in [1.82, 2.24) is 0 Å². The van der Waals surface area contributed by atoms with Gasteiger partial charge in [-0.25, -0.2) is 0 Å². The Bertz CT molecular complexity index is 156. The summed E-state index contributed by atoms with van der Waals surface area (Å²) in [5.74, 6) is 0.542. The number of hydrogen-bond acceptors (Lipinski definition) is 2. The fourth-order valence-corrected chi connectivity index (χ4v) is 0.961. The SMILES string of the molecule is CC[C@H](C)CCC(=O)OC(C)(C)C. The van der Waals surface area contributed by atoms with E-state index in [9.17, 15) is 4.79 Å². The summed E-state index contributed by atoms with van der Waals surface area (Å²) >= 11 is 0. The predicted octanol–water partition coefficient (Wildman–Crippen LogP) is 3.15. The molecule has 2 heteroatoms. The number of ether oxygens (including phenoxy) is 1. The number of hydrogen-bond donors (Lipinski definition) is 0. The maximum Gasteiger partial charge on any atom is 0.306 e. The van der Waals surface area contributed by atoms with Crippen LogP contribution in [-0.2, 0) is 9.53 Å². The molecular weight excluding hydrogens is 164 g/mol. The summed E-state index contributed by atoms with van der Waals surface area (Å²) in [4.78, 5) is 11.3. The molecule has 13 heavy (non-hydrogen) atoms. The molecule has 0 aliphatic heterocycles. The maximum atomic E-state index is 11.3. The number of carbonyl (C=O) groups is 1. The third kappa shape index (κ3) is 7.82. The standard InChI is InChI=1S/C11H22O2/c1-6-9(2)7-8-10(12)13-11(3,4)5/h9H,6-8H2,1-5H3/t9-/m0/s1. The van der Waals surface area contributed by atoms with Gasteiger partial charge in [-0.3, -0.25) is 4.79 Å². The van der Waals surface area contributed by atoms with Crippen LogP contribution in [0.5, 0.6) is 0 Å². The highest BCUT2D eigenvalue weighted by atomic mass is 16.6. The summed E-state index contributed by atoms with van der Waals surface area (Å²) in [6.07, 6.45) is 2.61. The highest BCUT2D eigenvalue weighted by Crippen LogP contribution is 2.13. The van der Waals surface area contributed by atoms with Crippen LogP contribution in [0.4, 0.5) is 0 Å². The van der Waals surface area contributed by atoms with Gasteiger partial charge in [0.2, 0.25) is 0 Å². The molecule has 0 saturated heterocycles. The van der Waals surface area contributed by atoms with Gasteiger partial charge >= 0.3 is 5.97 Å². The molecule has 0 unspecified atom stereocenters. The third-order valence-corrected chi connectivity index (χ3v) is 1.96. The van der Waals surface area contributed by atoms with Crippen LogP contribution < -0.4 is 0 Å². The number of esters is 1. The molecule has 0 saturated carbocycles. The smallest absolute Gasteiger partial charge is 0.306 e. The normalized spacial score (nSPS) is 13.9. The molecular formula is C11H22O2. The molecule has 0 aromatic heterocycles. The Morgan fingerprint density at radius 2 is 1.92 bits per heavy atom. The first-order chi connectivity index (χ1) is 5.85. The predicted molar refractivity (Wildman–Crippen MR) is 54.5 cm³/mol. The minimum atomic E-state index is -0.341. The number of carbonyl (C=O) groups excluding carboxylic acids is 1. The molecule has 2 nitrogen and oxygen atoms in total. The average Bonchev–Trinajstić information content (AvgIpc) is 1.97. The van der Waals surface area contributed by atoms with Crippen molar-refractivity contribution in [3.05, 3.63) is 0 Å². The molecule has 78 valence electrons. The summed E-state index contributed by atoms with van der Waals surface area (Å²) in [7, 11) is 0. The molecule has 0 rings (SSSR count). The minimum absolute atomic E-state index is 0.0761.